The van der Waals surface area contributed by atoms with E-state index in [0.29, 0.717) is 30.1 Å². The van der Waals surface area contributed by atoms with Gasteiger partial charge in [0.25, 0.3) is 5.91 Å². The summed E-state index contributed by atoms with van der Waals surface area (Å²) in [5.74, 6) is 0.312. The number of nitrogens with two attached hydrogens (primary N) is 1. The fraction of sp³-hybridized carbons (Fsp3) is 0.467. The molecule has 4 N–H and O–H groups in total. The molecule has 108 valence electrons. The van der Waals surface area contributed by atoms with E-state index in [-0.39, 0.29) is 17.9 Å². The molecule has 0 radical (unpaired) electrons. The first-order valence-electron chi connectivity index (χ1n) is 7.05. The lowest BCUT2D eigenvalue weighted by Gasteiger charge is -2.16. The number of nitrogens with one attached hydrogen (secondary N) is 2. The average Bonchev–Trinajstić information content (AvgIpc) is 3.29. The first-order chi connectivity index (χ1) is 9.63. The van der Waals surface area contributed by atoms with Gasteiger partial charge in [0.2, 0.25) is 5.91 Å². The predicted octanol–water partition coefficient (Wildman–Crippen LogP) is 1.50. The molecular weight excluding hydrogens is 254 g/mol. The van der Waals surface area contributed by atoms with E-state index in [1.165, 1.54) is 0 Å². The summed E-state index contributed by atoms with van der Waals surface area (Å²) >= 11 is 0. The molecule has 1 unspecified atom stereocenters. The zero-order valence-electron chi connectivity index (χ0n) is 11.7. The number of carbonyl (C=O) groups is 2. The molecular formula is C15H21N3O2. The Morgan fingerprint density at radius 2 is 2.15 bits per heavy atom. The molecule has 5 nitrogen and oxygen atoms in total. The fourth-order valence-electron chi connectivity index (χ4n) is 2.11. The van der Waals surface area contributed by atoms with Gasteiger partial charge in [0.05, 0.1) is 0 Å². The Morgan fingerprint density at radius 1 is 1.40 bits per heavy atom. The van der Waals surface area contributed by atoms with Crippen LogP contribution >= 0.6 is 0 Å². The number of anilines is 1. The normalized spacial score (nSPS) is 15.5. The van der Waals surface area contributed by atoms with Gasteiger partial charge >= 0.3 is 0 Å². The highest BCUT2D eigenvalue weighted by Crippen LogP contribution is 2.32. The van der Waals surface area contributed by atoms with Gasteiger partial charge in [0.1, 0.15) is 0 Å². The second-order valence-corrected chi connectivity index (χ2v) is 5.14. The third-order valence-electron chi connectivity index (χ3n) is 3.49. The van der Waals surface area contributed by atoms with E-state index in [9.17, 15) is 9.59 Å². The summed E-state index contributed by atoms with van der Waals surface area (Å²) in [5, 5.41) is 5.71. The zero-order valence-corrected chi connectivity index (χ0v) is 11.7. The van der Waals surface area contributed by atoms with Gasteiger partial charge < -0.3 is 16.4 Å². The highest BCUT2D eigenvalue weighted by molar-refractivity contribution is 5.97. The molecule has 0 aromatic heterocycles. The first-order valence-corrected chi connectivity index (χ1v) is 7.05. The Kier molecular flexibility index (Phi) is 4.74. The zero-order chi connectivity index (χ0) is 14.5. The van der Waals surface area contributed by atoms with Crippen molar-refractivity contribution in [2.24, 2.45) is 11.7 Å². The molecule has 5 heteroatoms. The highest BCUT2D eigenvalue weighted by Gasteiger charge is 2.31. The second-order valence-electron chi connectivity index (χ2n) is 5.14. The Morgan fingerprint density at radius 3 is 2.75 bits per heavy atom. The van der Waals surface area contributed by atoms with Crippen molar-refractivity contribution in [3.8, 4) is 0 Å². The van der Waals surface area contributed by atoms with E-state index in [4.69, 9.17) is 5.73 Å². The molecule has 2 amide bonds. The lowest BCUT2D eigenvalue weighted by molar-refractivity contribution is -0.115. The van der Waals surface area contributed by atoms with Crippen LogP contribution in [-0.2, 0) is 4.79 Å². The molecule has 0 heterocycles. The number of amides is 2. The van der Waals surface area contributed by atoms with Crippen molar-refractivity contribution in [1.29, 1.82) is 0 Å². The van der Waals surface area contributed by atoms with E-state index in [1.54, 1.807) is 31.2 Å². The summed E-state index contributed by atoms with van der Waals surface area (Å²) in [6.45, 7) is 2.25. The first kappa shape index (κ1) is 14.5. The van der Waals surface area contributed by atoms with Crippen LogP contribution in [0.5, 0.6) is 0 Å². The van der Waals surface area contributed by atoms with E-state index in [1.807, 2.05) is 0 Å². The summed E-state index contributed by atoms with van der Waals surface area (Å²) < 4.78 is 0. The summed E-state index contributed by atoms with van der Waals surface area (Å²) in [5.41, 5.74) is 6.86. The van der Waals surface area contributed by atoms with Crippen LogP contribution in [0.15, 0.2) is 24.3 Å². The number of hydrogen-bond donors (Lipinski definition) is 3. The van der Waals surface area contributed by atoms with E-state index in [2.05, 4.69) is 10.6 Å². The molecule has 1 aliphatic rings. The van der Waals surface area contributed by atoms with Crippen LogP contribution in [-0.4, -0.2) is 24.4 Å². The summed E-state index contributed by atoms with van der Waals surface area (Å²) in [6.07, 6.45) is 2.68. The Labute approximate surface area is 118 Å². The molecule has 1 fully saturated rings. The minimum atomic E-state index is -0.139. The molecule has 0 bridgehead atoms. The van der Waals surface area contributed by atoms with E-state index >= 15 is 0 Å². The molecule has 0 aliphatic heterocycles. The van der Waals surface area contributed by atoms with Gasteiger partial charge in [-0.1, -0.05) is 13.0 Å². The van der Waals surface area contributed by atoms with Gasteiger partial charge in [0, 0.05) is 30.3 Å². The van der Waals surface area contributed by atoms with Crippen LogP contribution in [0, 0.1) is 5.92 Å². The van der Waals surface area contributed by atoms with Crippen LogP contribution in [0.3, 0.4) is 0 Å². The Hall–Kier alpha value is -1.88. The SMILES string of the molecule is CCC(=O)Nc1cccc(C(=O)NC(CN)C2CC2)c1. The number of hydrogen-bond acceptors (Lipinski definition) is 3. The number of carbonyl (C=O) groups excluding carboxylic acids is 2. The predicted molar refractivity (Wildman–Crippen MR) is 78.4 cm³/mol. The molecule has 2 rings (SSSR count). The third-order valence-corrected chi connectivity index (χ3v) is 3.49. The van der Waals surface area contributed by atoms with Crippen molar-refractivity contribution < 1.29 is 9.59 Å². The molecule has 20 heavy (non-hydrogen) atoms. The van der Waals surface area contributed by atoms with Crippen molar-refractivity contribution in [3.05, 3.63) is 29.8 Å². The third kappa shape index (κ3) is 3.81. The minimum absolute atomic E-state index is 0.0522. The van der Waals surface area contributed by atoms with Crippen LogP contribution < -0.4 is 16.4 Å². The average molecular weight is 275 g/mol. The molecule has 1 aliphatic carbocycles. The second kappa shape index (κ2) is 6.52. The fourth-order valence-corrected chi connectivity index (χ4v) is 2.11. The molecule has 0 saturated heterocycles. The van der Waals surface area contributed by atoms with E-state index in [0.717, 1.165) is 12.8 Å². The maximum Gasteiger partial charge on any atom is 0.251 e. The quantitative estimate of drug-likeness (QED) is 0.735. The molecule has 0 spiro atoms. The van der Waals surface area contributed by atoms with Gasteiger partial charge in [-0.2, -0.15) is 0 Å². The minimum Gasteiger partial charge on any atom is -0.348 e. The Bertz CT molecular complexity index is 498. The smallest absolute Gasteiger partial charge is 0.251 e. The largest absolute Gasteiger partial charge is 0.348 e. The highest BCUT2D eigenvalue weighted by atomic mass is 16.2. The van der Waals surface area contributed by atoms with E-state index < -0.39 is 0 Å². The van der Waals surface area contributed by atoms with Gasteiger partial charge in [0.15, 0.2) is 0 Å². The van der Waals surface area contributed by atoms with Crippen LogP contribution in [0.4, 0.5) is 5.69 Å². The monoisotopic (exact) mass is 275 g/mol. The van der Waals surface area contributed by atoms with Crippen molar-refractivity contribution >= 4 is 17.5 Å². The van der Waals surface area contributed by atoms with Crippen molar-refractivity contribution in [2.75, 3.05) is 11.9 Å². The molecule has 1 saturated carbocycles. The lowest BCUT2D eigenvalue weighted by atomic mass is 10.1. The van der Waals surface area contributed by atoms with Crippen molar-refractivity contribution in [1.82, 2.24) is 5.32 Å². The summed E-state index contributed by atoms with van der Waals surface area (Å²) in [7, 11) is 0. The van der Waals surface area contributed by atoms with Gasteiger partial charge in [-0.3, -0.25) is 9.59 Å². The van der Waals surface area contributed by atoms with Gasteiger partial charge in [-0.15, -0.1) is 0 Å². The number of rotatable bonds is 6. The standard InChI is InChI=1S/C15H21N3O2/c1-2-14(19)17-12-5-3-4-11(8-12)15(20)18-13(9-16)10-6-7-10/h3-5,8,10,13H,2,6-7,9,16H2,1H3,(H,17,19)(H,18,20). The van der Waals surface area contributed by atoms with Crippen molar-refractivity contribution in [2.45, 2.75) is 32.2 Å². The van der Waals surface area contributed by atoms with Crippen LogP contribution in [0.25, 0.3) is 0 Å². The lowest BCUT2D eigenvalue weighted by Crippen LogP contribution is -2.41. The van der Waals surface area contributed by atoms with Crippen LogP contribution in [0.2, 0.25) is 0 Å². The Balaban J connectivity index is 2.01. The molecule has 1 atom stereocenters. The molecule has 1 aromatic carbocycles. The molecule has 1 aromatic rings. The summed E-state index contributed by atoms with van der Waals surface area (Å²) in [6, 6.07) is 7.00. The maximum absolute atomic E-state index is 12.2. The topological polar surface area (TPSA) is 84.2 Å². The van der Waals surface area contributed by atoms with Gasteiger partial charge in [-0.05, 0) is 37.0 Å². The van der Waals surface area contributed by atoms with Crippen LogP contribution in [0.1, 0.15) is 36.5 Å². The maximum atomic E-state index is 12.2. The van der Waals surface area contributed by atoms with Gasteiger partial charge in [-0.25, -0.2) is 0 Å². The van der Waals surface area contributed by atoms with Crippen molar-refractivity contribution in [3.63, 3.8) is 0 Å². The number of benzene rings is 1. The summed E-state index contributed by atoms with van der Waals surface area (Å²) in [4.78, 5) is 23.5.